The van der Waals surface area contributed by atoms with Gasteiger partial charge in [0, 0.05) is 59.7 Å². The number of guanidine groups is 1. The van der Waals surface area contributed by atoms with Crippen molar-refractivity contribution in [2.45, 2.75) is 45.1 Å². The maximum Gasteiger partial charge on any atom is 0.193 e. The van der Waals surface area contributed by atoms with Gasteiger partial charge in [0.05, 0.1) is 6.10 Å². The molecule has 0 amide bonds. The molecule has 0 aromatic carbocycles. The second-order valence-corrected chi connectivity index (χ2v) is 6.60. The van der Waals surface area contributed by atoms with Crippen LogP contribution in [0.15, 0.2) is 4.99 Å². The highest BCUT2D eigenvalue weighted by molar-refractivity contribution is 5.79. The first kappa shape index (κ1) is 19.5. The summed E-state index contributed by atoms with van der Waals surface area (Å²) in [5.41, 5.74) is 0. The number of hydrogen-bond acceptors (Lipinski definition) is 4. The van der Waals surface area contributed by atoms with E-state index in [9.17, 15) is 0 Å². The number of piperidine rings is 1. The fraction of sp³-hybridized carbons (Fsp3) is 0.944. The standard InChI is InChI=1S/C18H35N3O3/c1-3-24-17-5-10-21(11-6-17)18(19-2)20-9-4-12-23-15-16-7-13-22-14-8-16/h16-17H,3-15H2,1-2H3,(H,19,20). The summed E-state index contributed by atoms with van der Waals surface area (Å²) in [4.78, 5) is 6.74. The number of ether oxygens (including phenoxy) is 3. The molecule has 2 heterocycles. The van der Waals surface area contributed by atoms with Gasteiger partial charge in [0.25, 0.3) is 0 Å². The molecule has 140 valence electrons. The minimum atomic E-state index is 0.419. The molecule has 0 radical (unpaired) electrons. The van der Waals surface area contributed by atoms with E-state index >= 15 is 0 Å². The van der Waals surface area contributed by atoms with E-state index in [1.807, 2.05) is 7.05 Å². The van der Waals surface area contributed by atoms with Crippen molar-refractivity contribution in [2.75, 3.05) is 59.7 Å². The lowest BCUT2D eigenvalue weighted by Gasteiger charge is -2.34. The molecule has 0 aliphatic carbocycles. The minimum Gasteiger partial charge on any atom is -0.381 e. The van der Waals surface area contributed by atoms with E-state index in [2.05, 4.69) is 22.1 Å². The van der Waals surface area contributed by atoms with Crippen LogP contribution in [0.2, 0.25) is 0 Å². The van der Waals surface area contributed by atoms with Crippen molar-refractivity contribution < 1.29 is 14.2 Å². The van der Waals surface area contributed by atoms with Crippen molar-refractivity contribution >= 4 is 5.96 Å². The summed E-state index contributed by atoms with van der Waals surface area (Å²) in [7, 11) is 1.86. The molecule has 0 bridgehead atoms. The Labute approximate surface area is 146 Å². The first-order valence-electron chi connectivity index (χ1n) is 9.56. The Morgan fingerprint density at radius 1 is 1.21 bits per heavy atom. The summed E-state index contributed by atoms with van der Waals surface area (Å²) >= 11 is 0. The van der Waals surface area contributed by atoms with Crippen molar-refractivity contribution in [3.05, 3.63) is 0 Å². The lowest BCUT2D eigenvalue weighted by Crippen LogP contribution is -2.47. The predicted molar refractivity (Wildman–Crippen MR) is 96.6 cm³/mol. The van der Waals surface area contributed by atoms with Crippen molar-refractivity contribution in [3.63, 3.8) is 0 Å². The van der Waals surface area contributed by atoms with Crippen LogP contribution in [0, 0.1) is 5.92 Å². The SMILES string of the molecule is CCOC1CCN(C(=NC)NCCCOCC2CCOCC2)CC1. The summed E-state index contributed by atoms with van der Waals surface area (Å²) in [6.45, 7) is 9.30. The van der Waals surface area contributed by atoms with Crippen LogP contribution in [-0.4, -0.2) is 76.7 Å². The van der Waals surface area contributed by atoms with E-state index in [0.29, 0.717) is 12.0 Å². The van der Waals surface area contributed by atoms with Gasteiger partial charge in [-0.3, -0.25) is 4.99 Å². The van der Waals surface area contributed by atoms with Gasteiger partial charge >= 0.3 is 0 Å². The average molecular weight is 341 g/mol. The quantitative estimate of drug-likeness (QED) is 0.415. The fourth-order valence-electron chi connectivity index (χ4n) is 3.34. The molecule has 0 unspecified atom stereocenters. The number of rotatable bonds is 8. The number of nitrogens with zero attached hydrogens (tertiary/aromatic N) is 2. The Morgan fingerprint density at radius 3 is 2.62 bits per heavy atom. The lowest BCUT2D eigenvalue weighted by molar-refractivity contribution is 0.0201. The second-order valence-electron chi connectivity index (χ2n) is 6.60. The van der Waals surface area contributed by atoms with Crippen LogP contribution in [0.3, 0.4) is 0 Å². The highest BCUT2D eigenvalue weighted by Gasteiger charge is 2.21. The van der Waals surface area contributed by atoms with E-state index in [0.717, 1.165) is 90.7 Å². The number of aliphatic imine (C=N–C) groups is 1. The Morgan fingerprint density at radius 2 is 1.96 bits per heavy atom. The molecule has 2 fully saturated rings. The maximum atomic E-state index is 5.81. The molecule has 0 aromatic heterocycles. The van der Waals surface area contributed by atoms with Gasteiger partial charge in [0.15, 0.2) is 5.96 Å². The molecular formula is C18H35N3O3. The number of nitrogens with one attached hydrogen (secondary N) is 1. The van der Waals surface area contributed by atoms with Crippen LogP contribution in [0.1, 0.15) is 39.0 Å². The molecule has 6 heteroatoms. The topological polar surface area (TPSA) is 55.3 Å². The first-order chi connectivity index (χ1) is 11.8. The van der Waals surface area contributed by atoms with Gasteiger partial charge in [-0.2, -0.15) is 0 Å². The second kappa shape index (κ2) is 11.7. The summed E-state index contributed by atoms with van der Waals surface area (Å²) in [5, 5.41) is 3.46. The largest absolute Gasteiger partial charge is 0.381 e. The van der Waals surface area contributed by atoms with Gasteiger partial charge in [-0.25, -0.2) is 0 Å². The van der Waals surface area contributed by atoms with Crippen LogP contribution in [0.5, 0.6) is 0 Å². The summed E-state index contributed by atoms with van der Waals surface area (Å²) in [6.07, 6.45) is 5.89. The summed E-state index contributed by atoms with van der Waals surface area (Å²) in [5.74, 6) is 1.69. The molecule has 2 rings (SSSR count). The monoisotopic (exact) mass is 341 g/mol. The van der Waals surface area contributed by atoms with Crippen molar-refractivity contribution in [1.29, 1.82) is 0 Å². The fourth-order valence-corrected chi connectivity index (χ4v) is 3.34. The highest BCUT2D eigenvalue weighted by Crippen LogP contribution is 2.15. The maximum absolute atomic E-state index is 5.81. The third kappa shape index (κ3) is 6.95. The molecule has 2 saturated heterocycles. The molecule has 1 N–H and O–H groups in total. The number of hydrogen-bond donors (Lipinski definition) is 1. The van der Waals surface area contributed by atoms with Gasteiger partial charge in [0.1, 0.15) is 0 Å². The first-order valence-corrected chi connectivity index (χ1v) is 9.56. The van der Waals surface area contributed by atoms with Crippen LogP contribution < -0.4 is 5.32 Å². The van der Waals surface area contributed by atoms with Gasteiger partial charge in [-0.1, -0.05) is 0 Å². The lowest BCUT2D eigenvalue weighted by atomic mass is 10.0. The Bertz CT molecular complexity index is 351. The Balaban J connectivity index is 1.52. The zero-order valence-corrected chi connectivity index (χ0v) is 15.5. The third-order valence-electron chi connectivity index (χ3n) is 4.80. The van der Waals surface area contributed by atoms with E-state index in [1.165, 1.54) is 0 Å². The third-order valence-corrected chi connectivity index (χ3v) is 4.80. The van der Waals surface area contributed by atoms with E-state index < -0.39 is 0 Å². The Hall–Kier alpha value is -0.850. The van der Waals surface area contributed by atoms with Gasteiger partial charge in [-0.05, 0) is 44.9 Å². The molecule has 2 aliphatic heterocycles. The smallest absolute Gasteiger partial charge is 0.193 e. The van der Waals surface area contributed by atoms with Crippen LogP contribution in [0.25, 0.3) is 0 Å². The van der Waals surface area contributed by atoms with Gasteiger partial charge in [-0.15, -0.1) is 0 Å². The van der Waals surface area contributed by atoms with E-state index in [1.54, 1.807) is 0 Å². The van der Waals surface area contributed by atoms with E-state index in [-0.39, 0.29) is 0 Å². The van der Waals surface area contributed by atoms with Crippen molar-refractivity contribution in [3.8, 4) is 0 Å². The summed E-state index contributed by atoms with van der Waals surface area (Å²) in [6, 6.07) is 0. The van der Waals surface area contributed by atoms with Crippen LogP contribution in [-0.2, 0) is 14.2 Å². The van der Waals surface area contributed by atoms with Crippen molar-refractivity contribution in [2.24, 2.45) is 10.9 Å². The molecule has 6 nitrogen and oxygen atoms in total. The normalized spacial score (nSPS) is 21.2. The zero-order valence-electron chi connectivity index (χ0n) is 15.5. The van der Waals surface area contributed by atoms with Gasteiger partial charge in [0.2, 0.25) is 0 Å². The van der Waals surface area contributed by atoms with E-state index in [4.69, 9.17) is 14.2 Å². The van der Waals surface area contributed by atoms with Gasteiger partial charge < -0.3 is 24.4 Å². The molecule has 24 heavy (non-hydrogen) atoms. The molecule has 0 aromatic rings. The highest BCUT2D eigenvalue weighted by atomic mass is 16.5. The zero-order chi connectivity index (χ0) is 17.0. The Kier molecular flexibility index (Phi) is 9.46. The molecule has 0 saturated carbocycles. The molecule has 2 aliphatic rings. The van der Waals surface area contributed by atoms with Crippen LogP contribution >= 0.6 is 0 Å². The minimum absolute atomic E-state index is 0.419. The van der Waals surface area contributed by atoms with Crippen LogP contribution in [0.4, 0.5) is 0 Å². The number of likely N-dealkylation sites (tertiary alicyclic amines) is 1. The average Bonchev–Trinajstić information content (AvgIpc) is 2.63. The molecular weight excluding hydrogens is 306 g/mol. The predicted octanol–water partition coefficient (Wildman–Crippen LogP) is 1.90. The molecule has 0 spiro atoms. The molecule has 0 atom stereocenters. The summed E-state index contributed by atoms with van der Waals surface area (Å²) < 4.78 is 16.9. The van der Waals surface area contributed by atoms with Crippen molar-refractivity contribution in [1.82, 2.24) is 10.2 Å².